The first-order valence-electron chi connectivity index (χ1n) is 5.33. The van der Waals surface area contributed by atoms with Crippen molar-refractivity contribution in [2.45, 2.75) is 0 Å². The van der Waals surface area contributed by atoms with Crippen LogP contribution in [0.5, 0.6) is 0 Å². The maximum absolute atomic E-state index is 6.17. The summed E-state index contributed by atoms with van der Waals surface area (Å²) in [5.41, 5.74) is 2.20. The van der Waals surface area contributed by atoms with Gasteiger partial charge < -0.3 is 9.80 Å². The van der Waals surface area contributed by atoms with Gasteiger partial charge in [0.2, 0.25) is 0 Å². The Labute approximate surface area is 109 Å². The molecule has 3 nitrogen and oxygen atoms in total. The van der Waals surface area contributed by atoms with Gasteiger partial charge in [-0.3, -0.25) is 4.98 Å². The van der Waals surface area contributed by atoms with Crippen molar-refractivity contribution in [3.8, 4) is 0 Å². The molecule has 2 aromatic heterocycles. The zero-order valence-electron chi connectivity index (χ0n) is 9.64. The molecule has 1 aliphatic rings. The van der Waals surface area contributed by atoms with E-state index < -0.39 is 0 Å². The van der Waals surface area contributed by atoms with Crippen LogP contribution in [0.2, 0.25) is 5.02 Å². The summed E-state index contributed by atoms with van der Waals surface area (Å²) in [6, 6.07) is 3.94. The van der Waals surface area contributed by atoms with E-state index in [1.807, 2.05) is 6.07 Å². The summed E-state index contributed by atoms with van der Waals surface area (Å²) in [5, 5.41) is 0.779. The third-order valence-corrected chi connectivity index (χ3v) is 4.41. The normalized spacial score (nSPS) is 15.8. The van der Waals surface area contributed by atoms with Gasteiger partial charge in [-0.2, -0.15) is 0 Å². The van der Waals surface area contributed by atoms with Gasteiger partial charge in [0.05, 0.1) is 32.5 Å². The van der Waals surface area contributed by atoms with E-state index >= 15 is 0 Å². The molecule has 3 heterocycles. The second-order valence-electron chi connectivity index (χ2n) is 4.23. The molecule has 0 radical (unpaired) electrons. The lowest BCUT2D eigenvalue weighted by Crippen LogP contribution is -2.19. The third kappa shape index (κ3) is 1.77. The van der Waals surface area contributed by atoms with Crippen LogP contribution in [0.4, 0.5) is 0 Å². The van der Waals surface area contributed by atoms with E-state index in [0.29, 0.717) is 0 Å². The van der Waals surface area contributed by atoms with E-state index in [-0.39, 0.29) is 0 Å². The maximum atomic E-state index is 6.17. The molecule has 0 amide bonds. The summed E-state index contributed by atoms with van der Waals surface area (Å²) in [5.74, 6) is 0. The number of thiophene rings is 1. The summed E-state index contributed by atoms with van der Waals surface area (Å²) in [6.07, 6.45) is 3.90. The molecule has 0 fully saturated rings. The van der Waals surface area contributed by atoms with Crippen molar-refractivity contribution in [2.24, 2.45) is 0 Å². The Morgan fingerprint density at radius 1 is 1.41 bits per heavy atom. The number of hydrogen-bond acceptors (Lipinski definition) is 4. The molecule has 0 spiro atoms. The van der Waals surface area contributed by atoms with Gasteiger partial charge in [-0.25, -0.2) is 0 Å². The molecule has 1 aliphatic heterocycles. The van der Waals surface area contributed by atoms with Crippen LogP contribution >= 0.6 is 22.9 Å². The Kier molecular flexibility index (Phi) is 2.49. The van der Waals surface area contributed by atoms with Gasteiger partial charge >= 0.3 is 0 Å². The van der Waals surface area contributed by atoms with Crippen molar-refractivity contribution in [1.29, 1.82) is 0 Å². The van der Waals surface area contributed by atoms with E-state index in [1.165, 1.54) is 10.6 Å². The quantitative estimate of drug-likeness (QED) is 0.790. The number of pyridine rings is 1. The molecular weight excluding hydrogens is 254 g/mol. The minimum atomic E-state index is 0.779. The average molecular weight is 266 g/mol. The lowest BCUT2D eigenvalue weighted by Gasteiger charge is -2.15. The Morgan fingerprint density at radius 3 is 2.88 bits per heavy atom. The number of hydrogen-bond donors (Lipinski definition) is 0. The van der Waals surface area contributed by atoms with Gasteiger partial charge in [-0.05, 0) is 12.1 Å². The van der Waals surface area contributed by atoms with Crippen LogP contribution in [-0.4, -0.2) is 35.5 Å². The Bertz CT molecular complexity index is 605. The molecule has 5 heteroatoms. The van der Waals surface area contributed by atoms with E-state index in [4.69, 9.17) is 11.6 Å². The lowest BCUT2D eigenvalue weighted by molar-refractivity contribution is 0.347. The molecule has 0 aromatic carbocycles. The van der Waals surface area contributed by atoms with Crippen molar-refractivity contribution in [3.05, 3.63) is 34.4 Å². The molecule has 3 rings (SSSR count). The largest absolute Gasteiger partial charge is 0.361 e. The van der Waals surface area contributed by atoms with Gasteiger partial charge in [0, 0.05) is 26.5 Å². The van der Waals surface area contributed by atoms with Gasteiger partial charge in [0.15, 0.2) is 0 Å². The zero-order valence-corrected chi connectivity index (χ0v) is 11.2. The molecule has 0 unspecified atom stereocenters. The maximum Gasteiger partial charge on any atom is 0.0893 e. The van der Waals surface area contributed by atoms with Crippen LogP contribution in [0.15, 0.2) is 24.5 Å². The zero-order chi connectivity index (χ0) is 12.0. The Balaban J connectivity index is 2.13. The molecule has 0 aliphatic carbocycles. The first-order chi connectivity index (χ1) is 8.15. The molecule has 0 saturated carbocycles. The fourth-order valence-electron chi connectivity index (χ4n) is 2.04. The van der Waals surface area contributed by atoms with Gasteiger partial charge in [0.25, 0.3) is 0 Å². The first kappa shape index (κ1) is 10.9. The van der Waals surface area contributed by atoms with Crippen molar-refractivity contribution in [1.82, 2.24) is 14.8 Å². The van der Waals surface area contributed by atoms with Gasteiger partial charge in [-0.1, -0.05) is 11.6 Å². The number of nitrogens with zero attached hydrogens (tertiary/aromatic N) is 3. The van der Waals surface area contributed by atoms with Gasteiger partial charge in [0.1, 0.15) is 0 Å². The van der Waals surface area contributed by atoms with Crippen molar-refractivity contribution >= 4 is 38.9 Å². The molecule has 2 aromatic rings. The van der Waals surface area contributed by atoms with Crippen LogP contribution < -0.4 is 0 Å². The highest BCUT2D eigenvalue weighted by molar-refractivity contribution is 7.20. The Hall–Kier alpha value is -1.26. The predicted molar refractivity (Wildman–Crippen MR) is 73.0 cm³/mol. The summed E-state index contributed by atoms with van der Waals surface area (Å²) >= 11 is 7.86. The smallest absolute Gasteiger partial charge is 0.0893 e. The van der Waals surface area contributed by atoms with E-state index in [9.17, 15) is 0 Å². The molecule has 0 saturated heterocycles. The predicted octanol–water partition coefficient (Wildman–Crippen LogP) is 3.08. The fraction of sp³-hybridized carbons (Fsp3) is 0.250. The van der Waals surface area contributed by atoms with Crippen molar-refractivity contribution in [3.63, 3.8) is 0 Å². The minimum absolute atomic E-state index is 0.779. The number of rotatable bonds is 1. The minimum Gasteiger partial charge on any atom is -0.361 e. The molecule has 88 valence electrons. The summed E-state index contributed by atoms with van der Waals surface area (Å²) in [4.78, 5) is 9.94. The molecular formula is C12H12ClN3S. The van der Waals surface area contributed by atoms with Crippen LogP contribution in [0.25, 0.3) is 15.9 Å². The third-order valence-electron chi connectivity index (χ3n) is 2.81. The van der Waals surface area contributed by atoms with Gasteiger partial charge in [-0.15, -0.1) is 11.3 Å². The highest BCUT2D eigenvalue weighted by Gasteiger charge is 2.18. The van der Waals surface area contributed by atoms with Crippen LogP contribution in [0.3, 0.4) is 0 Å². The number of aromatic nitrogens is 1. The van der Waals surface area contributed by atoms with Crippen molar-refractivity contribution in [2.75, 3.05) is 20.8 Å². The first-order valence-corrected chi connectivity index (χ1v) is 6.52. The van der Waals surface area contributed by atoms with E-state index in [1.54, 1.807) is 17.5 Å². The monoisotopic (exact) mass is 265 g/mol. The molecule has 17 heavy (non-hydrogen) atoms. The highest BCUT2D eigenvalue weighted by Crippen LogP contribution is 2.36. The van der Waals surface area contributed by atoms with E-state index in [2.05, 4.69) is 41.1 Å². The SMILES string of the molecule is CN1C=C(c2cc3nccc(Cl)c3s2)N(C)C1. The van der Waals surface area contributed by atoms with E-state index in [0.717, 1.165) is 21.9 Å². The number of fused-ring (bicyclic) bond motifs is 1. The average Bonchev–Trinajstić information content (AvgIpc) is 2.82. The van der Waals surface area contributed by atoms with Crippen LogP contribution in [-0.2, 0) is 0 Å². The number of halogens is 1. The Morgan fingerprint density at radius 2 is 2.24 bits per heavy atom. The second-order valence-corrected chi connectivity index (χ2v) is 5.69. The summed E-state index contributed by atoms with van der Waals surface area (Å²) in [7, 11) is 4.16. The highest BCUT2D eigenvalue weighted by atomic mass is 35.5. The van der Waals surface area contributed by atoms with Crippen LogP contribution in [0, 0.1) is 0 Å². The summed E-state index contributed by atoms with van der Waals surface area (Å²) in [6.45, 7) is 0.921. The second kappa shape index (κ2) is 3.89. The summed E-state index contributed by atoms with van der Waals surface area (Å²) < 4.78 is 1.06. The molecule has 0 bridgehead atoms. The van der Waals surface area contributed by atoms with Crippen molar-refractivity contribution < 1.29 is 0 Å². The fourth-order valence-corrected chi connectivity index (χ4v) is 3.40. The standard InChI is InChI=1S/C12H12ClN3S/c1-15-6-10(16(2)7-15)11-5-9-12(17-11)8(13)3-4-14-9/h3-6H,7H2,1-2H3. The van der Waals surface area contributed by atoms with Crippen LogP contribution in [0.1, 0.15) is 4.88 Å². The molecule has 0 N–H and O–H groups in total. The topological polar surface area (TPSA) is 19.4 Å². The molecule has 0 atom stereocenters. The lowest BCUT2D eigenvalue weighted by atomic mass is 10.3.